The van der Waals surface area contributed by atoms with Crippen LogP contribution < -0.4 is 11.3 Å². The summed E-state index contributed by atoms with van der Waals surface area (Å²) in [6.07, 6.45) is 4.62. The Morgan fingerprint density at radius 1 is 1.16 bits per heavy atom. The van der Waals surface area contributed by atoms with Gasteiger partial charge in [-0.2, -0.15) is 0 Å². The Labute approximate surface area is 118 Å². The fourth-order valence-electron chi connectivity index (χ4n) is 2.25. The fraction of sp³-hybridized carbons (Fsp3) is 0.647. The number of rotatable bonds is 7. The third-order valence-corrected chi connectivity index (χ3v) is 4.21. The Morgan fingerprint density at radius 2 is 1.79 bits per heavy atom. The summed E-state index contributed by atoms with van der Waals surface area (Å²) in [7, 11) is 0. The van der Waals surface area contributed by atoms with Gasteiger partial charge in [0.05, 0.1) is 0 Å². The van der Waals surface area contributed by atoms with Crippen LogP contribution in [0.5, 0.6) is 0 Å². The lowest BCUT2D eigenvalue weighted by atomic mass is 9.78. The van der Waals surface area contributed by atoms with Crippen LogP contribution in [0.25, 0.3) is 0 Å². The number of benzene rings is 1. The van der Waals surface area contributed by atoms with Gasteiger partial charge in [-0.15, -0.1) is 0 Å². The molecule has 2 heteroatoms. The first-order chi connectivity index (χ1) is 8.93. The molecule has 0 heterocycles. The topological polar surface area (TPSA) is 38.0 Å². The molecule has 0 saturated carbocycles. The molecule has 2 atom stereocenters. The van der Waals surface area contributed by atoms with Crippen molar-refractivity contribution >= 4 is 0 Å². The van der Waals surface area contributed by atoms with Crippen LogP contribution in [0, 0.1) is 11.3 Å². The zero-order valence-electron chi connectivity index (χ0n) is 12.9. The maximum atomic E-state index is 5.69. The van der Waals surface area contributed by atoms with E-state index in [-0.39, 0.29) is 0 Å². The van der Waals surface area contributed by atoms with E-state index < -0.39 is 0 Å². The summed E-state index contributed by atoms with van der Waals surface area (Å²) < 4.78 is 0. The quantitative estimate of drug-likeness (QED) is 0.577. The summed E-state index contributed by atoms with van der Waals surface area (Å²) in [6, 6.07) is 11.1. The van der Waals surface area contributed by atoms with Gasteiger partial charge in [0.25, 0.3) is 0 Å². The van der Waals surface area contributed by atoms with Crippen molar-refractivity contribution < 1.29 is 0 Å². The molecule has 2 unspecified atom stereocenters. The Bertz CT molecular complexity index is 340. The van der Waals surface area contributed by atoms with Crippen molar-refractivity contribution in [2.45, 2.75) is 59.4 Å². The van der Waals surface area contributed by atoms with E-state index in [2.05, 4.69) is 63.5 Å². The van der Waals surface area contributed by atoms with Crippen molar-refractivity contribution in [2.75, 3.05) is 0 Å². The minimum Gasteiger partial charge on any atom is -0.271 e. The van der Waals surface area contributed by atoms with Gasteiger partial charge in [0.15, 0.2) is 0 Å². The maximum Gasteiger partial charge on any atom is 0.0213 e. The molecule has 0 fully saturated rings. The minimum atomic E-state index is 0.356. The maximum absolute atomic E-state index is 5.69. The third kappa shape index (κ3) is 6.22. The largest absolute Gasteiger partial charge is 0.271 e. The highest BCUT2D eigenvalue weighted by atomic mass is 15.2. The van der Waals surface area contributed by atoms with Crippen LogP contribution in [0.3, 0.4) is 0 Å². The van der Waals surface area contributed by atoms with E-state index in [1.807, 2.05) is 0 Å². The first kappa shape index (κ1) is 16.2. The zero-order valence-corrected chi connectivity index (χ0v) is 12.9. The number of nitrogens with one attached hydrogen (secondary N) is 1. The van der Waals surface area contributed by atoms with Gasteiger partial charge in [-0.1, -0.05) is 58.0 Å². The molecule has 0 aliphatic rings. The molecule has 0 aliphatic heterocycles. The molecule has 0 amide bonds. The lowest BCUT2D eigenvalue weighted by Gasteiger charge is -2.30. The van der Waals surface area contributed by atoms with Gasteiger partial charge < -0.3 is 0 Å². The van der Waals surface area contributed by atoms with E-state index in [4.69, 9.17) is 5.84 Å². The summed E-state index contributed by atoms with van der Waals surface area (Å²) in [5, 5.41) is 0. The normalized spacial score (nSPS) is 15.2. The highest BCUT2D eigenvalue weighted by Crippen LogP contribution is 2.29. The summed E-state index contributed by atoms with van der Waals surface area (Å²) in [5.74, 6) is 6.37. The van der Waals surface area contributed by atoms with E-state index in [1.165, 1.54) is 12.0 Å². The molecule has 0 radical (unpaired) electrons. The summed E-state index contributed by atoms with van der Waals surface area (Å²) in [5.41, 5.74) is 4.77. The Hall–Kier alpha value is -0.860. The number of hydrazine groups is 1. The molecule has 0 aliphatic carbocycles. The van der Waals surface area contributed by atoms with Gasteiger partial charge >= 0.3 is 0 Å². The first-order valence-corrected chi connectivity index (χ1v) is 7.43. The number of hydrogen-bond donors (Lipinski definition) is 2. The highest BCUT2D eigenvalue weighted by molar-refractivity contribution is 5.14. The Kier molecular flexibility index (Phi) is 6.53. The summed E-state index contributed by atoms with van der Waals surface area (Å²) in [6.45, 7) is 9.22. The first-order valence-electron chi connectivity index (χ1n) is 7.43. The van der Waals surface area contributed by atoms with E-state index in [0.717, 1.165) is 19.3 Å². The predicted octanol–water partition coefficient (Wildman–Crippen LogP) is 3.91. The van der Waals surface area contributed by atoms with Crippen LogP contribution in [-0.2, 0) is 6.42 Å². The summed E-state index contributed by atoms with van der Waals surface area (Å²) in [4.78, 5) is 0. The molecule has 0 aromatic heterocycles. The van der Waals surface area contributed by atoms with E-state index in [9.17, 15) is 0 Å². The second kappa shape index (κ2) is 7.66. The van der Waals surface area contributed by atoms with Gasteiger partial charge in [0, 0.05) is 6.04 Å². The van der Waals surface area contributed by atoms with Crippen LogP contribution in [0.15, 0.2) is 30.3 Å². The van der Waals surface area contributed by atoms with Gasteiger partial charge in [0.2, 0.25) is 0 Å². The van der Waals surface area contributed by atoms with Gasteiger partial charge in [-0.05, 0) is 42.6 Å². The lowest BCUT2D eigenvalue weighted by molar-refractivity contribution is 0.218. The molecule has 0 saturated heterocycles. The van der Waals surface area contributed by atoms with E-state index in [0.29, 0.717) is 17.4 Å². The highest BCUT2D eigenvalue weighted by Gasteiger charge is 2.22. The molecule has 2 nitrogen and oxygen atoms in total. The van der Waals surface area contributed by atoms with Crippen LogP contribution in [0.2, 0.25) is 0 Å². The molecule has 3 N–H and O–H groups in total. The van der Waals surface area contributed by atoms with Crippen LogP contribution in [0.4, 0.5) is 0 Å². The predicted molar refractivity (Wildman–Crippen MR) is 83.7 cm³/mol. The van der Waals surface area contributed by atoms with E-state index >= 15 is 0 Å². The van der Waals surface area contributed by atoms with Crippen molar-refractivity contribution in [1.29, 1.82) is 0 Å². The minimum absolute atomic E-state index is 0.356. The average Bonchev–Trinajstić information content (AvgIpc) is 2.37. The molecule has 108 valence electrons. The van der Waals surface area contributed by atoms with Crippen LogP contribution in [0.1, 0.15) is 52.5 Å². The third-order valence-electron chi connectivity index (χ3n) is 4.21. The van der Waals surface area contributed by atoms with Crippen molar-refractivity contribution in [1.82, 2.24) is 5.43 Å². The second-order valence-corrected chi connectivity index (χ2v) is 6.74. The van der Waals surface area contributed by atoms with Crippen molar-refractivity contribution in [3.63, 3.8) is 0 Å². The average molecular weight is 262 g/mol. The van der Waals surface area contributed by atoms with Crippen molar-refractivity contribution in [3.05, 3.63) is 35.9 Å². The molecular weight excluding hydrogens is 232 g/mol. The molecule has 1 rings (SSSR count). The summed E-state index contributed by atoms with van der Waals surface area (Å²) >= 11 is 0. The monoisotopic (exact) mass is 262 g/mol. The van der Waals surface area contributed by atoms with Gasteiger partial charge in [0.1, 0.15) is 0 Å². The number of hydrogen-bond acceptors (Lipinski definition) is 2. The smallest absolute Gasteiger partial charge is 0.0213 e. The molecule has 1 aromatic carbocycles. The Balaban J connectivity index is 2.33. The van der Waals surface area contributed by atoms with Gasteiger partial charge in [-0.3, -0.25) is 11.3 Å². The molecule has 19 heavy (non-hydrogen) atoms. The molecule has 0 spiro atoms. The van der Waals surface area contributed by atoms with E-state index in [1.54, 1.807) is 0 Å². The van der Waals surface area contributed by atoms with Crippen LogP contribution in [-0.4, -0.2) is 6.04 Å². The lowest BCUT2D eigenvalue weighted by Crippen LogP contribution is -2.38. The standard InChI is InChI=1S/C17H30N2/c1-14(17(2,3)4)13-16(19-18)12-8-11-15-9-6-5-7-10-15/h5-7,9-10,14,16,19H,8,11-13,18H2,1-4H3. The number of nitrogens with two attached hydrogens (primary N) is 1. The van der Waals surface area contributed by atoms with Crippen LogP contribution >= 0.6 is 0 Å². The van der Waals surface area contributed by atoms with Crippen molar-refractivity contribution in [3.8, 4) is 0 Å². The Morgan fingerprint density at radius 3 is 2.32 bits per heavy atom. The SMILES string of the molecule is CC(CC(CCCc1ccccc1)NN)C(C)(C)C. The fourth-order valence-corrected chi connectivity index (χ4v) is 2.25. The van der Waals surface area contributed by atoms with Crippen molar-refractivity contribution in [2.24, 2.45) is 17.2 Å². The second-order valence-electron chi connectivity index (χ2n) is 6.74. The number of aryl methyl sites for hydroxylation is 1. The van der Waals surface area contributed by atoms with Gasteiger partial charge in [-0.25, -0.2) is 0 Å². The molecule has 1 aromatic rings. The zero-order chi connectivity index (χ0) is 14.3. The molecule has 0 bridgehead atoms. The molecular formula is C17H30N2.